The number of rotatable bonds is 1. The SMILES string of the molecule is C=Cc1cccc2c1Sc1c(F)c(F)c(F)c(F)c1S2. The van der Waals surface area contributed by atoms with Gasteiger partial charge in [0.25, 0.3) is 0 Å². The molecule has 0 aromatic heterocycles. The molecule has 102 valence electrons. The van der Waals surface area contributed by atoms with Crippen LogP contribution in [0.3, 0.4) is 0 Å². The van der Waals surface area contributed by atoms with Crippen LogP contribution in [0.5, 0.6) is 0 Å². The standard InChI is InChI=1S/C14H6F4S2/c1-2-6-4-3-5-7-12(6)20-14-11(18)9(16)8(15)10(17)13(14)19-7/h2-5H,1H2. The lowest BCUT2D eigenvalue weighted by Crippen LogP contribution is -2.04. The highest BCUT2D eigenvalue weighted by atomic mass is 32.2. The van der Waals surface area contributed by atoms with Gasteiger partial charge in [0.1, 0.15) is 0 Å². The van der Waals surface area contributed by atoms with E-state index in [0.717, 1.165) is 29.1 Å². The Bertz CT molecular complexity index is 741. The Morgan fingerprint density at radius 1 is 0.800 bits per heavy atom. The molecule has 0 atom stereocenters. The summed E-state index contributed by atoms with van der Waals surface area (Å²) in [6.45, 7) is 3.64. The van der Waals surface area contributed by atoms with Gasteiger partial charge in [-0.3, -0.25) is 0 Å². The molecule has 1 heterocycles. The van der Waals surface area contributed by atoms with Gasteiger partial charge in [-0.25, -0.2) is 17.6 Å². The van der Waals surface area contributed by atoms with Crippen molar-refractivity contribution in [2.45, 2.75) is 19.6 Å². The van der Waals surface area contributed by atoms with Crippen LogP contribution in [0, 0.1) is 23.3 Å². The lowest BCUT2D eigenvalue weighted by atomic mass is 10.2. The maximum absolute atomic E-state index is 13.8. The predicted molar refractivity (Wildman–Crippen MR) is 71.1 cm³/mol. The summed E-state index contributed by atoms with van der Waals surface area (Å²) in [6.07, 6.45) is 1.57. The summed E-state index contributed by atoms with van der Waals surface area (Å²) in [5.74, 6) is -6.28. The van der Waals surface area contributed by atoms with Gasteiger partial charge in [0.05, 0.1) is 9.79 Å². The van der Waals surface area contributed by atoms with Gasteiger partial charge in [-0.05, 0) is 11.6 Å². The Kier molecular flexibility index (Phi) is 3.30. The van der Waals surface area contributed by atoms with Crippen LogP contribution in [0.25, 0.3) is 6.08 Å². The monoisotopic (exact) mass is 314 g/mol. The lowest BCUT2D eigenvalue weighted by Gasteiger charge is -2.21. The number of fused-ring (bicyclic) bond motifs is 2. The zero-order valence-corrected chi connectivity index (χ0v) is 11.5. The van der Waals surface area contributed by atoms with E-state index >= 15 is 0 Å². The smallest absolute Gasteiger partial charge is 0.198 e. The minimum absolute atomic E-state index is 0.222. The molecule has 0 spiro atoms. The average molecular weight is 314 g/mol. The van der Waals surface area contributed by atoms with E-state index in [4.69, 9.17) is 0 Å². The summed E-state index contributed by atoms with van der Waals surface area (Å²) in [7, 11) is 0. The van der Waals surface area contributed by atoms with Crippen molar-refractivity contribution in [2.24, 2.45) is 0 Å². The van der Waals surface area contributed by atoms with Gasteiger partial charge in [0, 0.05) is 9.79 Å². The molecule has 0 nitrogen and oxygen atoms in total. The molecule has 0 fully saturated rings. The highest BCUT2D eigenvalue weighted by Crippen LogP contribution is 2.52. The molecule has 1 aliphatic heterocycles. The van der Waals surface area contributed by atoms with Gasteiger partial charge in [-0.2, -0.15) is 0 Å². The third kappa shape index (κ3) is 1.86. The number of halogens is 4. The van der Waals surface area contributed by atoms with E-state index in [9.17, 15) is 17.6 Å². The van der Waals surface area contributed by atoms with Crippen molar-refractivity contribution in [3.05, 3.63) is 53.6 Å². The van der Waals surface area contributed by atoms with Gasteiger partial charge in [0.15, 0.2) is 23.3 Å². The second kappa shape index (κ2) is 4.86. The topological polar surface area (TPSA) is 0 Å². The van der Waals surface area contributed by atoms with Crippen molar-refractivity contribution in [3.8, 4) is 0 Å². The van der Waals surface area contributed by atoms with E-state index in [1.165, 1.54) is 0 Å². The predicted octanol–water partition coefficient (Wildman–Crippen LogP) is 5.50. The molecule has 0 unspecified atom stereocenters. The summed E-state index contributed by atoms with van der Waals surface area (Å²) in [5, 5.41) is 0. The molecule has 0 saturated carbocycles. The fraction of sp³-hybridized carbons (Fsp3) is 0. The average Bonchev–Trinajstić information content (AvgIpc) is 2.48. The first-order chi connectivity index (χ1) is 9.54. The summed E-state index contributed by atoms with van der Waals surface area (Å²) >= 11 is 1.77. The van der Waals surface area contributed by atoms with Crippen LogP contribution in [-0.2, 0) is 0 Å². The molecular weight excluding hydrogens is 308 g/mol. The Balaban J connectivity index is 2.26. The minimum atomic E-state index is -1.78. The Morgan fingerprint density at radius 2 is 1.40 bits per heavy atom. The van der Waals surface area contributed by atoms with E-state index in [2.05, 4.69) is 6.58 Å². The van der Waals surface area contributed by atoms with Gasteiger partial charge < -0.3 is 0 Å². The molecule has 3 rings (SSSR count). The van der Waals surface area contributed by atoms with E-state index in [1.807, 2.05) is 0 Å². The van der Waals surface area contributed by atoms with Gasteiger partial charge in [-0.1, -0.05) is 48.3 Å². The van der Waals surface area contributed by atoms with Crippen LogP contribution >= 0.6 is 23.5 Å². The first-order valence-corrected chi connectivity index (χ1v) is 7.15. The van der Waals surface area contributed by atoms with Crippen molar-refractivity contribution in [1.82, 2.24) is 0 Å². The number of benzene rings is 2. The van der Waals surface area contributed by atoms with Gasteiger partial charge >= 0.3 is 0 Å². The maximum atomic E-state index is 13.8. The van der Waals surface area contributed by atoms with E-state index < -0.39 is 23.3 Å². The zero-order chi connectivity index (χ0) is 14.4. The Hall–Kier alpha value is -1.40. The molecule has 1 aliphatic rings. The minimum Gasteiger partial charge on any atom is -0.202 e. The zero-order valence-electron chi connectivity index (χ0n) is 9.84. The van der Waals surface area contributed by atoms with Crippen LogP contribution in [0.4, 0.5) is 17.6 Å². The molecule has 0 N–H and O–H groups in total. The molecule has 20 heavy (non-hydrogen) atoms. The molecule has 0 bridgehead atoms. The van der Waals surface area contributed by atoms with Crippen LogP contribution < -0.4 is 0 Å². The van der Waals surface area contributed by atoms with Crippen LogP contribution in [0.1, 0.15) is 5.56 Å². The third-order valence-electron chi connectivity index (χ3n) is 2.83. The molecule has 0 amide bonds. The second-order valence-corrected chi connectivity index (χ2v) is 6.07. The van der Waals surface area contributed by atoms with Crippen molar-refractivity contribution < 1.29 is 17.6 Å². The lowest BCUT2D eigenvalue weighted by molar-refractivity contribution is 0.384. The third-order valence-corrected chi connectivity index (χ3v) is 5.48. The second-order valence-electron chi connectivity index (χ2n) is 4.00. The fourth-order valence-corrected chi connectivity index (χ4v) is 4.31. The molecule has 0 saturated heterocycles. The summed E-state index contributed by atoms with van der Waals surface area (Å²) < 4.78 is 54.2. The molecule has 2 aromatic rings. The van der Waals surface area contributed by atoms with Gasteiger partial charge in [0.2, 0.25) is 0 Å². The van der Waals surface area contributed by atoms with Crippen LogP contribution in [-0.4, -0.2) is 0 Å². The van der Waals surface area contributed by atoms with Crippen molar-refractivity contribution >= 4 is 29.6 Å². The molecule has 0 radical (unpaired) electrons. The van der Waals surface area contributed by atoms with E-state index in [-0.39, 0.29) is 9.79 Å². The van der Waals surface area contributed by atoms with Crippen molar-refractivity contribution in [1.29, 1.82) is 0 Å². The van der Waals surface area contributed by atoms with Crippen LogP contribution in [0.15, 0.2) is 44.4 Å². The first kappa shape index (κ1) is 13.6. The highest BCUT2D eigenvalue weighted by molar-refractivity contribution is 8.05. The fourth-order valence-electron chi connectivity index (χ4n) is 1.87. The number of hydrogen-bond acceptors (Lipinski definition) is 2. The Labute approximate surface area is 120 Å². The summed E-state index contributed by atoms with van der Waals surface area (Å²) in [6, 6.07) is 5.21. The van der Waals surface area contributed by atoms with Crippen molar-refractivity contribution in [3.63, 3.8) is 0 Å². The first-order valence-electron chi connectivity index (χ1n) is 5.51. The largest absolute Gasteiger partial charge is 0.202 e. The Morgan fingerprint density at radius 3 is 2.00 bits per heavy atom. The van der Waals surface area contributed by atoms with Crippen LogP contribution in [0.2, 0.25) is 0 Å². The van der Waals surface area contributed by atoms with E-state index in [1.54, 1.807) is 24.3 Å². The highest BCUT2D eigenvalue weighted by Gasteiger charge is 2.30. The van der Waals surface area contributed by atoms with Gasteiger partial charge in [-0.15, -0.1) is 0 Å². The normalized spacial score (nSPS) is 12.8. The molecular formula is C14H6F4S2. The van der Waals surface area contributed by atoms with E-state index in [0.29, 0.717) is 9.79 Å². The van der Waals surface area contributed by atoms with Crippen molar-refractivity contribution in [2.75, 3.05) is 0 Å². The molecule has 2 aromatic carbocycles. The number of hydrogen-bond donors (Lipinski definition) is 0. The summed E-state index contributed by atoms with van der Waals surface area (Å²) in [5.41, 5.74) is 0.732. The molecule has 6 heteroatoms. The quantitative estimate of drug-likeness (QED) is 0.330. The summed E-state index contributed by atoms with van der Waals surface area (Å²) in [4.78, 5) is 0.863. The maximum Gasteiger partial charge on any atom is 0.198 e. The molecule has 0 aliphatic carbocycles.